The molecule has 1 amide bonds. The molecule has 0 aliphatic carbocycles. The van der Waals surface area contributed by atoms with Crippen molar-refractivity contribution in [1.29, 1.82) is 0 Å². The van der Waals surface area contributed by atoms with Crippen LogP contribution in [-0.2, 0) is 29.1 Å². The van der Waals surface area contributed by atoms with Crippen LogP contribution < -0.4 is 15.8 Å². The van der Waals surface area contributed by atoms with Crippen molar-refractivity contribution in [1.82, 2.24) is 4.72 Å². The zero-order valence-corrected chi connectivity index (χ0v) is 15.8. The molecule has 4 N–H and O–H groups in total. The van der Waals surface area contributed by atoms with Gasteiger partial charge < -0.3 is 20.5 Å². The smallest absolute Gasteiger partial charge is 0.320 e. The summed E-state index contributed by atoms with van der Waals surface area (Å²) in [5.41, 5.74) is 5.82. The number of sulfonamides is 1. The van der Waals surface area contributed by atoms with Crippen molar-refractivity contribution in [2.75, 3.05) is 25.5 Å². The average Bonchev–Trinajstić information content (AvgIpc) is 3.09. The van der Waals surface area contributed by atoms with Gasteiger partial charge in [0.15, 0.2) is 0 Å². The van der Waals surface area contributed by atoms with Gasteiger partial charge in [0.1, 0.15) is 12.6 Å². The summed E-state index contributed by atoms with van der Waals surface area (Å²) in [5.74, 6) is -1.06. The first kappa shape index (κ1) is 22.3. The molecule has 1 aromatic carbocycles. The summed E-state index contributed by atoms with van der Waals surface area (Å²) in [6, 6.07) is 5.70. The van der Waals surface area contributed by atoms with Gasteiger partial charge in [-0.25, -0.2) is 8.42 Å². The lowest BCUT2D eigenvalue weighted by molar-refractivity contribution is -0.139. The first-order valence-corrected chi connectivity index (χ1v) is 9.17. The Balaban J connectivity index is 0.00000338. The number of nitrogens with one attached hydrogen (secondary N) is 2. The maximum absolute atomic E-state index is 12.2. The first-order valence-electron chi connectivity index (χ1n) is 7.68. The Morgan fingerprint density at radius 1 is 1.35 bits per heavy atom. The first-order chi connectivity index (χ1) is 11.9. The average molecular weight is 408 g/mol. The molecule has 26 heavy (non-hydrogen) atoms. The molecule has 1 heterocycles. The fourth-order valence-corrected chi connectivity index (χ4v) is 3.36. The second-order valence-corrected chi connectivity index (χ2v) is 7.24. The van der Waals surface area contributed by atoms with Gasteiger partial charge >= 0.3 is 5.97 Å². The van der Waals surface area contributed by atoms with E-state index in [0.717, 1.165) is 7.11 Å². The van der Waals surface area contributed by atoms with E-state index in [1.165, 1.54) is 18.2 Å². The van der Waals surface area contributed by atoms with Crippen LogP contribution in [0.15, 0.2) is 29.2 Å². The third-order valence-corrected chi connectivity index (χ3v) is 5.11. The third-order valence-electron chi connectivity index (χ3n) is 3.71. The number of hydrogen-bond acceptors (Lipinski definition) is 7. The molecule has 1 aromatic rings. The number of amides is 1. The fraction of sp³-hybridized carbons (Fsp3) is 0.467. The third kappa shape index (κ3) is 5.92. The predicted octanol–water partition coefficient (Wildman–Crippen LogP) is 0.00450. The fourth-order valence-electron chi connectivity index (χ4n) is 2.35. The van der Waals surface area contributed by atoms with Crippen molar-refractivity contribution in [2.45, 2.75) is 29.9 Å². The van der Waals surface area contributed by atoms with Crippen molar-refractivity contribution in [3.8, 4) is 0 Å². The molecule has 146 valence electrons. The molecule has 9 nitrogen and oxygen atoms in total. The van der Waals surface area contributed by atoms with Crippen molar-refractivity contribution in [2.24, 2.45) is 5.73 Å². The molecular formula is C15H22ClN3O6S. The van der Waals surface area contributed by atoms with Crippen LogP contribution in [0, 0.1) is 0 Å². The maximum atomic E-state index is 12.2. The van der Waals surface area contributed by atoms with Crippen molar-refractivity contribution < 1.29 is 27.5 Å². The summed E-state index contributed by atoms with van der Waals surface area (Å²) in [5, 5.41) is 2.63. The van der Waals surface area contributed by atoms with E-state index in [1.807, 2.05) is 0 Å². The summed E-state index contributed by atoms with van der Waals surface area (Å²) in [6.07, 6.45) is 0.531. The zero-order valence-electron chi connectivity index (χ0n) is 14.1. The number of rotatable bonds is 7. The summed E-state index contributed by atoms with van der Waals surface area (Å²) in [6.45, 7) is -0.130. The molecule has 1 fully saturated rings. The van der Waals surface area contributed by atoms with Crippen molar-refractivity contribution in [3.05, 3.63) is 24.3 Å². The number of halogens is 1. The molecule has 0 spiro atoms. The Morgan fingerprint density at radius 2 is 2.08 bits per heavy atom. The molecule has 2 rings (SSSR count). The van der Waals surface area contributed by atoms with E-state index in [4.69, 9.17) is 10.5 Å². The predicted molar refractivity (Wildman–Crippen MR) is 96.5 cm³/mol. The number of carbonyl (C=O) groups excluding carboxylic acids is 2. The number of nitrogens with two attached hydrogens (primary N) is 1. The van der Waals surface area contributed by atoms with Gasteiger partial charge in [-0.05, 0) is 31.0 Å². The molecule has 0 bridgehead atoms. The van der Waals surface area contributed by atoms with Crippen LogP contribution in [0.2, 0.25) is 0 Å². The van der Waals surface area contributed by atoms with Crippen LogP contribution in [0.25, 0.3) is 0 Å². The van der Waals surface area contributed by atoms with Crippen LogP contribution >= 0.6 is 12.4 Å². The Hall–Kier alpha value is -1.72. The lowest BCUT2D eigenvalue weighted by Gasteiger charge is -2.13. The Kier molecular flexibility index (Phi) is 8.44. The molecule has 1 aliphatic heterocycles. The van der Waals surface area contributed by atoms with E-state index in [1.54, 1.807) is 6.07 Å². The molecule has 1 aliphatic rings. The Morgan fingerprint density at radius 3 is 2.69 bits per heavy atom. The molecule has 0 radical (unpaired) electrons. The highest BCUT2D eigenvalue weighted by Crippen LogP contribution is 2.21. The van der Waals surface area contributed by atoms with Crippen LogP contribution in [0.4, 0.5) is 5.69 Å². The zero-order chi connectivity index (χ0) is 18.4. The minimum atomic E-state index is -3.91. The number of benzene rings is 1. The molecule has 2 atom stereocenters. The number of anilines is 1. The topological polar surface area (TPSA) is 137 Å². The second-order valence-electron chi connectivity index (χ2n) is 5.48. The normalized spacial score (nSPS) is 19.5. The highest BCUT2D eigenvalue weighted by molar-refractivity contribution is 7.89. The monoisotopic (exact) mass is 407 g/mol. The summed E-state index contributed by atoms with van der Waals surface area (Å²) in [4.78, 5) is 23.2. The van der Waals surface area contributed by atoms with Gasteiger partial charge in [0.25, 0.3) is 5.91 Å². The van der Waals surface area contributed by atoms with Gasteiger partial charge in [-0.15, -0.1) is 12.4 Å². The molecule has 11 heteroatoms. The van der Waals surface area contributed by atoms with Crippen molar-refractivity contribution >= 4 is 40.0 Å². The van der Waals surface area contributed by atoms with E-state index in [-0.39, 0.29) is 29.3 Å². The van der Waals surface area contributed by atoms with E-state index < -0.39 is 28.6 Å². The standard InChI is InChI=1S/C15H21N3O6S.ClH/c1-23-14(19)9-17-25(21,22)12-4-2-3-10(7-12)18-15(20)13-6-5-11(8-16)24-13;/h2-4,7,11,13,17H,5-6,8-9,16H2,1H3,(H,18,20);1H/t11-,13+;/m1./s1. The van der Waals surface area contributed by atoms with Crippen LogP contribution in [0.1, 0.15) is 12.8 Å². The lowest BCUT2D eigenvalue weighted by Crippen LogP contribution is -2.31. The van der Waals surface area contributed by atoms with Crippen molar-refractivity contribution in [3.63, 3.8) is 0 Å². The molecule has 0 unspecified atom stereocenters. The Bertz CT molecular complexity index is 743. The van der Waals surface area contributed by atoms with Gasteiger partial charge in [-0.1, -0.05) is 6.07 Å². The summed E-state index contributed by atoms with van der Waals surface area (Å²) in [7, 11) is -2.75. The number of esters is 1. The van der Waals surface area contributed by atoms with Crippen LogP contribution in [0.5, 0.6) is 0 Å². The van der Waals surface area contributed by atoms with E-state index in [9.17, 15) is 18.0 Å². The number of carbonyl (C=O) groups is 2. The molecule has 0 aromatic heterocycles. The minimum Gasteiger partial charge on any atom is -0.468 e. The van der Waals surface area contributed by atoms with Gasteiger partial charge in [-0.3, -0.25) is 9.59 Å². The Labute approximate surface area is 158 Å². The highest BCUT2D eigenvalue weighted by atomic mass is 35.5. The van der Waals surface area contributed by atoms with Crippen LogP contribution in [0.3, 0.4) is 0 Å². The molecule has 1 saturated heterocycles. The maximum Gasteiger partial charge on any atom is 0.320 e. The molecule has 0 saturated carbocycles. The summed E-state index contributed by atoms with van der Waals surface area (Å²) < 4.78 is 36.3. The largest absolute Gasteiger partial charge is 0.468 e. The minimum absolute atomic E-state index is 0. The quantitative estimate of drug-likeness (QED) is 0.541. The molecular weight excluding hydrogens is 386 g/mol. The van der Waals surface area contributed by atoms with E-state index in [2.05, 4.69) is 14.8 Å². The number of ether oxygens (including phenoxy) is 2. The SMILES string of the molecule is COC(=O)CNS(=O)(=O)c1cccc(NC(=O)[C@@H]2CC[C@H](CN)O2)c1.Cl. The second kappa shape index (κ2) is 9.83. The number of methoxy groups -OCH3 is 1. The highest BCUT2D eigenvalue weighted by Gasteiger charge is 2.30. The van der Waals surface area contributed by atoms with Gasteiger partial charge in [0.05, 0.1) is 18.1 Å². The van der Waals surface area contributed by atoms with Gasteiger partial charge in [-0.2, -0.15) is 4.72 Å². The van der Waals surface area contributed by atoms with E-state index in [0.29, 0.717) is 25.1 Å². The van der Waals surface area contributed by atoms with Gasteiger partial charge in [0.2, 0.25) is 10.0 Å². The lowest BCUT2D eigenvalue weighted by atomic mass is 10.2. The van der Waals surface area contributed by atoms with Crippen LogP contribution in [-0.4, -0.2) is 52.7 Å². The van der Waals surface area contributed by atoms with Gasteiger partial charge in [0, 0.05) is 12.2 Å². The summed E-state index contributed by atoms with van der Waals surface area (Å²) >= 11 is 0. The van der Waals surface area contributed by atoms with E-state index >= 15 is 0 Å². The number of hydrogen-bond donors (Lipinski definition) is 3.